The minimum absolute atomic E-state index is 0.269. The number of benzene rings is 2. The van der Waals surface area contributed by atoms with Gasteiger partial charge < -0.3 is 5.32 Å². The van der Waals surface area contributed by atoms with Gasteiger partial charge in [-0.15, -0.1) is 0 Å². The standard InChI is InChI=1S/C18H13F3N2OS/c1-9-3-2-4-12(19)15(9)10-5-6-13-14(7-10)25-17(22-13)23-16(24)11-8-18(11,20)21/h2-7,11H,8H2,1H3,(H,22,23,24). The predicted molar refractivity (Wildman–Crippen MR) is 91.4 cm³/mol. The Hall–Kier alpha value is -2.41. The molecular weight excluding hydrogens is 349 g/mol. The van der Waals surface area contributed by atoms with E-state index in [1.165, 1.54) is 17.4 Å². The lowest BCUT2D eigenvalue weighted by Gasteiger charge is -2.07. The van der Waals surface area contributed by atoms with Crippen molar-refractivity contribution in [2.24, 2.45) is 5.92 Å². The molecule has 25 heavy (non-hydrogen) atoms. The van der Waals surface area contributed by atoms with Gasteiger partial charge in [-0.1, -0.05) is 29.5 Å². The van der Waals surface area contributed by atoms with Crippen LogP contribution in [0.1, 0.15) is 12.0 Å². The molecule has 1 unspecified atom stereocenters. The number of anilines is 1. The smallest absolute Gasteiger partial charge is 0.260 e. The Labute approximate surface area is 145 Å². The van der Waals surface area contributed by atoms with Crippen LogP contribution in [0.4, 0.5) is 18.3 Å². The van der Waals surface area contributed by atoms with Crippen LogP contribution < -0.4 is 5.32 Å². The number of alkyl halides is 2. The highest BCUT2D eigenvalue weighted by Crippen LogP contribution is 2.49. The van der Waals surface area contributed by atoms with Crippen molar-refractivity contribution in [3.63, 3.8) is 0 Å². The van der Waals surface area contributed by atoms with E-state index >= 15 is 0 Å². The maximum Gasteiger partial charge on any atom is 0.260 e. The van der Waals surface area contributed by atoms with E-state index < -0.39 is 24.2 Å². The first-order valence-electron chi connectivity index (χ1n) is 7.70. The third-order valence-electron chi connectivity index (χ3n) is 4.27. The Morgan fingerprint density at radius 2 is 2.08 bits per heavy atom. The molecule has 128 valence electrons. The van der Waals surface area contributed by atoms with E-state index in [1.807, 2.05) is 13.0 Å². The number of aryl methyl sites for hydroxylation is 1. The molecule has 0 aliphatic heterocycles. The molecule has 1 fully saturated rings. The topological polar surface area (TPSA) is 42.0 Å². The maximum atomic E-state index is 14.1. The summed E-state index contributed by atoms with van der Waals surface area (Å²) in [5.41, 5.74) is 2.66. The van der Waals surface area contributed by atoms with Gasteiger partial charge in [0.1, 0.15) is 11.7 Å². The van der Waals surface area contributed by atoms with E-state index in [9.17, 15) is 18.0 Å². The Bertz CT molecular complexity index is 979. The van der Waals surface area contributed by atoms with E-state index in [0.29, 0.717) is 16.6 Å². The van der Waals surface area contributed by atoms with Crippen molar-refractivity contribution >= 4 is 32.6 Å². The van der Waals surface area contributed by atoms with Crippen LogP contribution in [0.5, 0.6) is 0 Å². The van der Waals surface area contributed by atoms with E-state index in [2.05, 4.69) is 10.3 Å². The molecule has 3 aromatic rings. The average molecular weight is 362 g/mol. The van der Waals surface area contributed by atoms with Crippen molar-refractivity contribution in [2.45, 2.75) is 19.3 Å². The molecule has 1 atom stereocenters. The molecule has 4 rings (SSSR count). The lowest BCUT2D eigenvalue weighted by atomic mass is 10.00. The van der Waals surface area contributed by atoms with Crippen molar-refractivity contribution in [3.05, 3.63) is 47.8 Å². The lowest BCUT2D eigenvalue weighted by molar-refractivity contribution is -0.119. The largest absolute Gasteiger partial charge is 0.302 e. The first-order chi connectivity index (χ1) is 11.8. The SMILES string of the molecule is Cc1cccc(F)c1-c1ccc2nc(NC(=O)C3CC3(F)F)sc2c1. The Morgan fingerprint density at radius 1 is 1.32 bits per heavy atom. The fourth-order valence-corrected chi connectivity index (χ4v) is 3.73. The highest BCUT2D eigenvalue weighted by atomic mass is 32.1. The second-order valence-corrected chi connectivity index (χ2v) is 7.17. The highest BCUT2D eigenvalue weighted by Gasteiger charge is 2.61. The zero-order valence-electron chi connectivity index (χ0n) is 13.1. The summed E-state index contributed by atoms with van der Waals surface area (Å²) in [6.07, 6.45) is -0.416. The van der Waals surface area contributed by atoms with Crippen molar-refractivity contribution < 1.29 is 18.0 Å². The van der Waals surface area contributed by atoms with Crippen LogP contribution in [0.3, 0.4) is 0 Å². The maximum absolute atomic E-state index is 14.1. The third-order valence-corrected chi connectivity index (χ3v) is 5.21. The summed E-state index contributed by atoms with van der Waals surface area (Å²) in [7, 11) is 0. The highest BCUT2D eigenvalue weighted by molar-refractivity contribution is 7.22. The normalized spacial score (nSPS) is 18.3. The van der Waals surface area contributed by atoms with Crippen molar-refractivity contribution in [1.82, 2.24) is 4.98 Å². The molecule has 1 N–H and O–H groups in total. The molecule has 7 heteroatoms. The first-order valence-corrected chi connectivity index (χ1v) is 8.51. The van der Waals surface area contributed by atoms with E-state index in [1.54, 1.807) is 24.3 Å². The van der Waals surface area contributed by atoms with Crippen LogP contribution in [0.25, 0.3) is 21.3 Å². The molecule has 0 radical (unpaired) electrons. The molecule has 1 amide bonds. The first kappa shape index (κ1) is 16.1. The molecule has 1 saturated carbocycles. The monoisotopic (exact) mass is 362 g/mol. The number of fused-ring (bicyclic) bond motifs is 1. The number of rotatable bonds is 3. The van der Waals surface area contributed by atoms with E-state index in [-0.39, 0.29) is 10.9 Å². The summed E-state index contributed by atoms with van der Waals surface area (Å²) in [5, 5.41) is 2.71. The Morgan fingerprint density at radius 3 is 2.76 bits per heavy atom. The summed E-state index contributed by atoms with van der Waals surface area (Å²) in [4.78, 5) is 16.0. The zero-order chi connectivity index (χ0) is 17.8. The molecule has 1 heterocycles. The van der Waals surface area contributed by atoms with E-state index in [0.717, 1.165) is 10.3 Å². The minimum Gasteiger partial charge on any atom is -0.302 e. The van der Waals surface area contributed by atoms with Crippen LogP contribution in [0.2, 0.25) is 0 Å². The van der Waals surface area contributed by atoms with Crippen LogP contribution >= 0.6 is 11.3 Å². The molecule has 0 saturated heterocycles. The number of aromatic nitrogens is 1. The van der Waals surface area contributed by atoms with Gasteiger partial charge in [-0.2, -0.15) is 0 Å². The van der Waals surface area contributed by atoms with Gasteiger partial charge in [-0.05, 0) is 36.2 Å². The summed E-state index contributed by atoms with van der Waals surface area (Å²) in [6, 6.07) is 10.2. The average Bonchev–Trinajstić information content (AvgIpc) is 3.00. The molecule has 1 aliphatic carbocycles. The third kappa shape index (κ3) is 2.89. The summed E-state index contributed by atoms with van der Waals surface area (Å²) in [5.74, 6) is -5.20. The van der Waals surface area contributed by atoms with Crippen LogP contribution in [-0.4, -0.2) is 16.8 Å². The van der Waals surface area contributed by atoms with Gasteiger partial charge in [0.2, 0.25) is 5.91 Å². The molecule has 2 aromatic carbocycles. The van der Waals surface area contributed by atoms with Gasteiger partial charge in [-0.3, -0.25) is 4.79 Å². The fraction of sp³-hybridized carbons (Fsp3) is 0.222. The number of hydrogen-bond acceptors (Lipinski definition) is 3. The quantitative estimate of drug-likeness (QED) is 0.712. The van der Waals surface area contributed by atoms with Crippen molar-refractivity contribution in [1.29, 1.82) is 0 Å². The number of nitrogens with one attached hydrogen (secondary N) is 1. The Balaban J connectivity index is 1.65. The number of carbonyl (C=O) groups is 1. The number of amides is 1. The number of nitrogens with zero attached hydrogens (tertiary/aromatic N) is 1. The fourth-order valence-electron chi connectivity index (χ4n) is 2.82. The lowest BCUT2D eigenvalue weighted by Crippen LogP contribution is -2.17. The number of thiazole rings is 1. The van der Waals surface area contributed by atoms with Crippen LogP contribution in [0, 0.1) is 18.7 Å². The van der Waals surface area contributed by atoms with Crippen molar-refractivity contribution in [3.8, 4) is 11.1 Å². The number of carbonyl (C=O) groups excluding carboxylic acids is 1. The van der Waals surface area contributed by atoms with Crippen LogP contribution in [0.15, 0.2) is 36.4 Å². The summed E-state index contributed by atoms with van der Waals surface area (Å²) in [6.45, 7) is 1.83. The van der Waals surface area contributed by atoms with Crippen LogP contribution in [-0.2, 0) is 4.79 Å². The van der Waals surface area contributed by atoms with Gasteiger partial charge in [0.15, 0.2) is 5.13 Å². The predicted octanol–water partition coefficient (Wildman–Crippen LogP) is 5.00. The summed E-state index contributed by atoms with van der Waals surface area (Å²) < 4.78 is 40.8. The Kier molecular flexibility index (Phi) is 3.57. The minimum atomic E-state index is -2.91. The molecule has 1 aromatic heterocycles. The van der Waals surface area contributed by atoms with Gasteiger partial charge >= 0.3 is 0 Å². The molecule has 1 aliphatic rings. The van der Waals surface area contributed by atoms with Gasteiger partial charge in [0.05, 0.1) is 10.2 Å². The van der Waals surface area contributed by atoms with Gasteiger partial charge in [-0.25, -0.2) is 18.2 Å². The number of halogens is 3. The van der Waals surface area contributed by atoms with Gasteiger partial charge in [0.25, 0.3) is 5.92 Å². The zero-order valence-corrected chi connectivity index (χ0v) is 14.0. The van der Waals surface area contributed by atoms with Gasteiger partial charge in [0, 0.05) is 12.0 Å². The molecule has 3 nitrogen and oxygen atoms in total. The summed E-state index contributed by atoms with van der Waals surface area (Å²) >= 11 is 1.18. The molecular formula is C18H13F3N2OS. The van der Waals surface area contributed by atoms with E-state index in [4.69, 9.17) is 0 Å². The molecule has 0 spiro atoms. The number of hydrogen-bond donors (Lipinski definition) is 1. The second-order valence-electron chi connectivity index (χ2n) is 6.14. The second kappa shape index (κ2) is 5.56. The molecule has 0 bridgehead atoms. The van der Waals surface area contributed by atoms with Crippen molar-refractivity contribution in [2.75, 3.05) is 5.32 Å².